The molecule has 0 saturated carbocycles. The van der Waals surface area contributed by atoms with Crippen LogP contribution in [0.2, 0.25) is 0 Å². The van der Waals surface area contributed by atoms with Gasteiger partial charge in [0.2, 0.25) is 0 Å². The molecule has 4 rings (SSSR count). The van der Waals surface area contributed by atoms with Crippen molar-refractivity contribution >= 4 is 27.5 Å². The Hall–Kier alpha value is -1.54. The van der Waals surface area contributed by atoms with Crippen molar-refractivity contribution in [3.8, 4) is 5.75 Å². The molecule has 1 radical (unpaired) electrons. The van der Waals surface area contributed by atoms with Crippen molar-refractivity contribution < 1.29 is 25.7 Å². The summed E-state index contributed by atoms with van der Waals surface area (Å²) in [7, 11) is 4.98. The molecule has 12 heteroatoms. The summed E-state index contributed by atoms with van der Waals surface area (Å²) in [6.07, 6.45) is 7.86. The first kappa shape index (κ1) is 19.2. The van der Waals surface area contributed by atoms with Crippen LogP contribution in [0.5, 0.6) is 5.75 Å². The largest absolute Gasteiger partial charge is 4.00 e. The Labute approximate surface area is 170 Å². The van der Waals surface area contributed by atoms with Crippen LogP contribution in [0.4, 0.5) is 5.69 Å². The summed E-state index contributed by atoms with van der Waals surface area (Å²) in [6.45, 7) is 3.93. The van der Waals surface area contributed by atoms with Crippen molar-refractivity contribution in [1.29, 1.82) is 0 Å². The number of hydrogen-bond acceptors (Lipinski definition) is 7. The van der Waals surface area contributed by atoms with E-state index in [1.165, 1.54) is 0 Å². The summed E-state index contributed by atoms with van der Waals surface area (Å²) in [4.78, 5) is 7.88. The van der Waals surface area contributed by atoms with E-state index < -0.39 is 7.19 Å². The van der Waals surface area contributed by atoms with Crippen LogP contribution in [0.3, 0.4) is 0 Å². The van der Waals surface area contributed by atoms with Gasteiger partial charge in [-0.3, -0.25) is 0 Å². The maximum Gasteiger partial charge on any atom is 4.00 e. The summed E-state index contributed by atoms with van der Waals surface area (Å²) < 4.78 is 5.94. The molecule has 0 bridgehead atoms. The second-order valence-electron chi connectivity index (χ2n) is 5.88. The smallest absolute Gasteiger partial charge is 0.627 e. The molecule has 0 aliphatic carbocycles. The SMILES string of the molecule is CN1C=CN(B2[N-]B(Oc3[c-]c(N4C=CN(C)[CH-]4)ccc3)N[B]N2)[CH-]1.[Pt+4]. The van der Waals surface area contributed by atoms with E-state index in [1.807, 2.05) is 89.9 Å². The minimum Gasteiger partial charge on any atom is -0.627 e. The topological polar surface area (TPSA) is 60.4 Å². The fraction of sp³-hybridized carbons (Fsp3) is 0.143. The molecule has 2 N–H and O–H groups in total. The van der Waals surface area contributed by atoms with Crippen molar-refractivity contribution in [2.75, 3.05) is 19.0 Å². The maximum absolute atomic E-state index is 5.94. The molecule has 1 saturated heterocycles. The molecular formula is C14H17B3N7OPt. The van der Waals surface area contributed by atoms with Gasteiger partial charge < -0.3 is 39.6 Å². The standard InChI is InChI=1S/C14H17B3N7O.Pt/c1-21-6-8-23(11-21)13-4-3-5-14(10-13)25-17-19-15-18-16(20-17)24-9-7-22(2)12-24;/h3-9,11-12,18-19H,1-2H3;/q-4;+4. The number of nitrogens with one attached hydrogen (secondary N) is 2. The first-order chi connectivity index (χ1) is 12.2. The molecule has 26 heavy (non-hydrogen) atoms. The molecule has 133 valence electrons. The van der Waals surface area contributed by atoms with E-state index in [-0.39, 0.29) is 28.2 Å². The van der Waals surface area contributed by atoms with Crippen molar-refractivity contribution in [2.45, 2.75) is 0 Å². The molecule has 3 aliphatic heterocycles. The molecular weight excluding hydrogens is 510 g/mol. The Morgan fingerprint density at radius 2 is 1.92 bits per heavy atom. The van der Waals surface area contributed by atoms with Gasteiger partial charge in [-0.1, -0.05) is 0 Å². The average Bonchev–Trinajstić information content (AvgIpc) is 3.24. The fourth-order valence-corrected chi connectivity index (χ4v) is 2.62. The van der Waals surface area contributed by atoms with Crippen LogP contribution < -0.4 is 19.8 Å². The van der Waals surface area contributed by atoms with E-state index in [1.54, 1.807) is 7.55 Å². The minimum absolute atomic E-state index is 0. The zero-order valence-corrected chi connectivity index (χ0v) is 16.7. The Morgan fingerprint density at radius 1 is 1.12 bits per heavy atom. The van der Waals surface area contributed by atoms with Crippen molar-refractivity contribution in [3.63, 3.8) is 0 Å². The van der Waals surface area contributed by atoms with Crippen LogP contribution in [-0.4, -0.2) is 50.6 Å². The Morgan fingerprint density at radius 3 is 2.65 bits per heavy atom. The van der Waals surface area contributed by atoms with E-state index in [0.29, 0.717) is 5.75 Å². The van der Waals surface area contributed by atoms with E-state index in [4.69, 9.17) is 4.65 Å². The molecule has 0 spiro atoms. The van der Waals surface area contributed by atoms with Gasteiger partial charge in [-0.15, -0.1) is 23.9 Å². The molecule has 0 amide bonds. The molecule has 1 aromatic carbocycles. The third-order valence-electron chi connectivity index (χ3n) is 3.85. The van der Waals surface area contributed by atoms with Crippen molar-refractivity contribution in [3.05, 3.63) is 67.5 Å². The number of nitrogens with zero attached hydrogens (tertiary/aromatic N) is 5. The Bertz CT molecular complexity index is 682. The summed E-state index contributed by atoms with van der Waals surface area (Å²) in [6, 6.07) is 9.05. The predicted molar refractivity (Wildman–Crippen MR) is 99.5 cm³/mol. The summed E-state index contributed by atoms with van der Waals surface area (Å²) >= 11 is 0. The third kappa shape index (κ3) is 4.41. The van der Waals surface area contributed by atoms with Crippen LogP contribution >= 0.6 is 0 Å². The van der Waals surface area contributed by atoms with Gasteiger partial charge in [-0.2, -0.15) is 19.4 Å². The second kappa shape index (κ2) is 8.44. The first-order valence-corrected chi connectivity index (χ1v) is 7.96. The van der Waals surface area contributed by atoms with Gasteiger partial charge in [0, 0.05) is 0 Å². The van der Waals surface area contributed by atoms with Crippen LogP contribution in [0.1, 0.15) is 0 Å². The van der Waals surface area contributed by atoms with E-state index >= 15 is 0 Å². The average molecular weight is 527 g/mol. The quantitative estimate of drug-likeness (QED) is 0.427. The molecule has 8 nitrogen and oxygen atoms in total. The number of hydrogen-bond donors (Lipinski definition) is 2. The van der Waals surface area contributed by atoms with E-state index in [9.17, 15) is 0 Å². The number of anilines is 1. The molecule has 0 aromatic heterocycles. The van der Waals surface area contributed by atoms with Gasteiger partial charge in [0.25, 0.3) is 7.55 Å². The van der Waals surface area contributed by atoms with Crippen LogP contribution in [0, 0.1) is 19.4 Å². The van der Waals surface area contributed by atoms with Gasteiger partial charge >= 0.3 is 28.3 Å². The second-order valence-corrected chi connectivity index (χ2v) is 5.88. The molecule has 0 atom stereocenters. The van der Waals surface area contributed by atoms with E-state index in [2.05, 4.69) is 21.5 Å². The number of rotatable bonds is 4. The van der Waals surface area contributed by atoms with Gasteiger partial charge in [-0.05, 0) is 44.6 Å². The van der Waals surface area contributed by atoms with Crippen LogP contribution in [-0.2, 0) is 21.1 Å². The maximum atomic E-state index is 5.94. The van der Waals surface area contributed by atoms with Crippen LogP contribution in [0.25, 0.3) is 5.14 Å². The van der Waals surface area contributed by atoms with Crippen LogP contribution in [0.15, 0.2) is 43.0 Å². The van der Waals surface area contributed by atoms with Crippen molar-refractivity contribution in [2.24, 2.45) is 0 Å². The molecule has 1 aromatic rings. The fourth-order valence-electron chi connectivity index (χ4n) is 2.62. The molecule has 3 heterocycles. The van der Waals surface area contributed by atoms with Gasteiger partial charge in [-0.25, -0.2) is 0 Å². The Balaban J connectivity index is 0.00000196. The predicted octanol–water partition coefficient (Wildman–Crippen LogP) is 0.114. The van der Waals surface area contributed by atoms with Crippen molar-refractivity contribution in [1.82, 2.24) is 24.9 Å². The zero-order valence-electron chi connectivity index (χ0n) is 14.4. The molecule has 3 aliphatic rings. The zero-order chi connectivity index (χ0) is 17.2. The summed E-state index contributed by atoms with van der Waals surface area (Å²) in [5.41, 5.74) is 0.907. The van der Waals surface area contributed by atoms with Gasteiger partial charge in [0.05, 0.1) is 0 Å². The first-order valence-electron chi connectivity index (χ1n) is 7.96. The minimum atomic E-state index is -0.494. The summed E-state index contributed by atoms with van der Waals surface area (Å²) in [5, 5.41) is 10.8. The number of benzene rings is 1. The third-order valence-corrected chi connectivity index (χ3v) is 3.85. The molecule has 1 fully saturated rings. The monoisotopic (exact) mass is 527 g/mol. The summed E-state index contributed by atoms with van der Waals surface area (Å²) in [5.74, 6) is 0.627. The van der Waals surface area contributed by atoms with E-state index in [0.717, 1.165) is 5.69 Å². The Kier molecular flexibility index (Phi) is 6.24. The van der Waals surface area contributed by atoms with Gasteiger partial charge in [0.15, 0.2) is 7.12 Å². The molecule has 0 unspecified atom stereocenters. The van der Waals surface area contributed by atoms with Gasteiger partial charge in [0.1, 0.15) is 0 Å². The normalized spacial score (nSPS) is 19.2.